The Labute approximate surface area is 121 Å². The van der Waals surface area contributed by atoms with Crippen molar-refractivity contribution in [2.24, 2.45) is 0 Å². The molecule has 2 aliphatic carbocycles. The normalized spacial score (nSPS) is 22.6. The summed E-state index contributed by atoms with van der Waals surface area (Å²) in [6.45, 7) is 3.45. The van der Waals surface area contributed by atoms with Crippen LogP contribution in [-0.2, 0) is 14.3 Å². The van der Waals surface area contributed by atoms with Gasteiger partial charge in [-0.1, -0.05) is 25.7 Å². The van der Waals surface area contributed by atoms with Crippen molar-refractivity contribution in [3.63, 3.8) is 0 Å². The molecule has 0 atom stereocenters. The lowest BCUT2D eigenvalue weighted by atomic mass is 10.1. The molecule has 2 aliphatic rings. The second-order valence-corrected chi connectivity index (χ2v) is 6.20. The van der Waals surface area contributed by atoms with E-state index >= 15 is 0 Å². The van der Waals surface area contributed by atoms with Gasteiger partial charge in [0.15, 0.2) is 5.79 Å². The molecule has 4 nitrogen and oxygen atoms in total. The van der Waals surface area contributed by atoms with Gasteiger partial charge in [-0.2, -0.15) is 0 Å². The van der Waals surface area contributed by atoms with E-state index in [1.165, 1.54) is 25.7 Å². The Balaban J connectivity index is 2.07. The van der Waals surface area contributed by atoms with Gasteiger partial charge in [0, 0.05) is 5.57 Å². The summed E-state index contributed by atoms with van der Waals surface area (Å²) in [6.07, 6.45) is 10.9. The molecule has 1 N–H and O–H groups in total. The monoisotopic (exact) mass is 282 g/mol. The van der Waals surface area contributed by atoms with E-state index in [0.717, 1.165) is 25.7 Å². The fourth-order valence-electron chi connectivity index (χ4n) is 3.23. The van der Waals surface area contributed by atoms with Crippen LogP contribution in [0.15, 0.2) is 11.6 Å². The predicted molar refractivity (Wildman–Crippen MR) is 76.5 cm³/mol. The highest BCUT2D eigenvalue weighted by Gasteiger charge is 2.33. The van der Waals surface area contributed by atoms with Crippen LogP contribution in [0.2, 0.25) is 0 Å². The number of hydrogen-bond donors (Lipinski definition) is 1. The minimum Gasteiger partial charge on any atom is -0.478 e. The molecule has 0 radical (unpaired) electrons. The standard InChI is InChI=1S/C16H26O4/c1-12(15(17)18)11-16(2,19-13-7-3-4-8-13)20-14-9-5-6-10-14/h11,13-14H,3-10H2,1-2H3,(H,17,18). The second kappa shape index (κ2) is 6.72. The van der Waals surface area contributed by atoms with Gasteiger partial charge in [0.1, 0.15) is 0 Å². The van der Waals surface area contributed by atoms with Crippen molar-refractivity contribution < 1.29 is 19.4 Å². The van der Waals surface area contributed by atoms with E-state index in [0.29, 0.717) is 0 Å². The van der Waals surface area contributed by atoms with Crippen LogP contribution in [0.4, 0.5) is 0 Å². The van der Waals surface area contributed by atoms with Crippen molar-refractivity contribution in [1.29, 1.82) is 0 Å². The number of ether oxygens (including phenoxy) is 2. The van der Waals surface area contributed by atoms with Gasteiger partial charge in [-0.3, -0.25) is 0 Å². The first kappa shape index (κ1) is 15.5. The van der Waals surface area contributed by atoms with Gasteiger partial charge in [0.2, 0.25) is 0 Å². The Hall–Kier alpha value is -0.870. The summed E-state index contributed by atoms with van der Waals surface area (Å²) in [5, 5.41) is 9.09. The topological polar surface area (TPSA) is 55.8 Å². The quantitative estimate of drug-likeness (QED) is 0.597. The highest BCUT2D eigenvalue weighted by atomic mass is 16.7. The van der Waals surface area contributed by atoms with Crippen molar-refractivity contribution in [1.82, 2.24) is 0 Å². The van der Waals surface area contributed by atoms with Gasteiger partial charge in [0.05, 0.1) is 12.2 Å². The molecule has 0 saturated heterocycles. The maximum atomic E-state index is 11.1. The van der Waals surface area contributed by atoms with E-state index in [9.17, 15) is 4.79 Å². The lowest BCUT2D eigenvalue weighted by molar-refractivity contribution is -0.237. The Morgan fingerprint density at radius 3 is 1.80 bits per heavy atom. The molecule has 114 valence electrons. The summed E-state index contributed by atoms with van der Waals surface area (Å²) in [4.78, 5) is 11.1. The summed E-state index contributed by atoms with van der Waals surface area (Å²) in [6, 6.07) is 0. The average molecular weight is 282 g/mol. The molecule has 0 spiro atoms. The van der Waals surface area contributed by atoms with Crippen molar-refractivity contribution in [3.05, 3.63) is 11.6 Å². The smallest absolute Gasteiger partial charge is 0.331 e. The van der Waals surface area contributed by atoms with Gasteiger partial charge in [-0.05, 0) is 45.6 Å². The van der Waals surface area contributed by atoms with Crippen LogP contribution in [0, 0.1) is 0 Å². The maximum absolute atomic E-state index is 11.1. The van der Waals surface area contributed by atoms with Crippen LogP contribution in [0.5, 0.6) is 0 Å². The van der Waals surface area contributed by atoms with Crippen LogP contribution in [0.1, 0.15) is 65.2 Å². The lowest BCUT2D eigenvalue weighted by Gasteiger charge is -2.33. The van der Waals surface area contributed by atoms with Crippen molar-refractivity contribution in [3.8, 4) is 0 Å². The molecule has 0 aromatic heterocycles. The van der Waals surface area contributed by atoms with Crippen LogP contribution >= 0.6 is 0 Å². The van der Waals surface area contributed by atoms with Crippen LogP contribution < -0.4 is 0 Å². The number of aliphatic carboxylic acids is 1. The molecular formula is C16H26O4. The van der Waals surface area contributed by atoms with E-state index < -0.39 is 11.8 Å². The van der Waals surface area contributed by atoms with E-state index in [2.05, 4.69) is 0 Å². The van der Waals surface area contributed by atoms with Crippen molar-refractivity contribution in [2.75, 3.05) is 0 Å². The lowest BCUT2D eigenvalue weighted by Crippen LogP contribution is -2.37. The first-order valence-electron chi connectivity index (χ1n) is 7.77. The summed E-state index contributed by atoms with van der Waals surface area (Å²) >= 11 is 0. The Bertz CT molecular complexity index is 345. The number of carbonyl (C=O) groups is 1. The Morgan fingerprint density at radius 2 is 1.45 bits per heavy atom. The number of carboxylic acids is 1. The van der Waals surface area contributed by atoms with E-state index in [1.54, 1.807) is 13.0 Å². The molecule has 0 unspecified atom stereocenters. The van der Waals surface area contributed by atoms with Crippen LogP contribution in [-0.4, -0.2) is 29.1 Å². The fraction of sp³-hybridized carbons (Fsp3) is 0.812. The van der Waals surface area contributed by atoms with E-state index in [1.807, 2.05) is 6.92 Å². The minimum absolute atomic E-state index is 0.194. The molecular weight excluding hydrogens is 256 g/mol. The molecule has 2 saturated carbocycles. The van der Waals surface area contributed by atoms with Crippen molar-refractivity contribution in [2.45, 2.75) is 83.2 Å². The number of hydrogen-bond acceptors (Lipinski definition) is 3. The highest BCUT2D eigenvalue weighted by molar-refractivity contribution is 5.85. The molecule has 2 rings (SSSR count). The van der Waals surface area contributed by atoms with E-state index in [4.69, 9.17) is 14.6 Å². The van der Waals surface area contributed by atoms with Crippen LogP contribution in [0.3, 0.4) is 0 Å². The van der Waals surface area contributed by atoms with Gasteiger partial charge in [-0.15, -0.1) is 0 Å². The highest BCUT2D eigenvalue weighted by Crippen LogP contribution is 2.32. The zero-order valence-electron chi connectivity index (χ0n) is 12.6. The van der Waals surface area contributed by atoms with Gasteiger partial charge in [-0.25, -0.2) is 4.79 Å². The predicted octanol–water partition coefficient (Wildman–Crippen LogP) is 3.65. The second-order valence-electron chi connectivity index (χ2n) is 6.20. The van der Waals surface area contributed by atoms with Crippen molar-refractivity contribution >= 4 is 5.97 Å². The summed E-state index contributed by atoms with van der Waals surface area (Å²) in [5.41, 5.74) is 0.281. The average Bonchev–Trinajstić information content (AvgIpc) is 3.01. The Kier molecular flexibility index (Phi) is 5.22. The zero-order valence-corrected chi connectivity index (χ0v) is 12.6. The largest absolute Gasteiger partial charge is 0.478 e. The molecule has 0 heterocycles. The fourth-order valence-corrected chi connectivity index (χ4v) is 3.23. The molecule has 2 fully saturated rings. The minimum atomic E-state index is -0.915. The zero-order chi connectivity index (χ0) is 14.6. The Morgan fingerprint density at radius 1 is 1.05 bits per heavy atom. The molecule has 4 heteroatoms. The SMILES string of the molecule is CC(=CC(C)(OC1CCCC1)OC1CCCC1)C(=O)O. The third-order valence-electron chi connectivity index (χ3n) is 4.22. The summed E-state index contributed by atoms with van der Waals surface area (Å²) < 4.78 is 12.2. The summed E-state index contributed by atoms with van der Waals surface area (Å²) in [5.74, 6) is -1.83. The molecule has 0 aromatic carbocycles. The third kappa shape index (κ3) is 4.32. The molecule has 20 heavy (non-hydrogen) atoms. The van der Waals surface area contributed by atoms with Crippen LogP contribution in [0.25, 0.3) is 0 Å². The third-order valence-corrected chi connectivity index (χ3v) is 4.22. The first-order chi connectivity index (χ1) is 9.48. The van der Waals surface area contributed by atoms with Gasteiger partial charge in [0.25, 0.3) is 0 Å². The first-order valence-corrected chi connectivity index (χ1v) is 7.77. The van der Waals surface area contributed by atoms with E-state index in [-0.39, 0.29) is 17.8 Å². The molecule has 0 bridgehead atoms. The molecule has 0 aliphatic heterocycles. The maximum Gasteiger partial charge on any atom is 0.331 e. The number of carboxylic acid groups (broad SMARTS) is 1. The molecule has 0 amide bonds. The number of rotatable bonds is 6. The molecule has 0 aromatic rings. The van der Waals surface area contributed by atoms with Gasteiger partial charge < -0.3 is 14.6 Å². The van der Waals surface area contributed by atoms with Gasteiger partial charge >= 0.3 is 5.97 Å². The summed E-state index contributed by atoms with van der Waals surface area (Å²) in [7, 11) is 0.